The van der Waals surface area contributed by atoms with Crippen molar-refractivity contribution in [2.75, 3.05) is 5.32 Å². The van der Waals surface area contributed by atoms with Gasteiger partial charge in [0, 0.05) is 5.69 Å². The standard InChI is InChI=1S/C15H17NO/c17-15-7-3-6-14(15)16-13-9-8-11-4-1-2-5-12(11)10-13/h1-2,4-5,8-10,14-17H,3,6-7H2/t14-,15-/m1/s1. The fourth-order valence-corrected chi connectivity index (χ4v) is 2.60. The van der Waals surface area contributed by atoms with Crippen LogP contribution in [0.15, 0.2) is 42.5 Å². The first-order valence-corrected chi connectivity index (χ1v) is 6.26. The monoisotopic (exact) mass is 227 g/mol. The van der Waals surface area contributed by atoms with E-state index in [0.717, 1.165) is 24.9 Å². The van der Waals surface area contributed by atoms with Crippen molar-refractivity contribution in [3.8, 4) is 0 Å². The SMILES string of the molecule is O[C@@H]1CCC[C@H]1Nc1ccc2ccccc2c1. The summed E-state index contributed by atoms with van der Waals surface area (Å²) in [4.78, 5) is 0. The molecule has 2 heteroatoms. The van der Waals surface area contributed by atoms with Gasteiger partial charge in [-0.25, -0.2) is 0 Å². The van der Waals surface area contributed by atoms with Crippen LogP contribution < -0.4 is 5.32 Å². The summed E-state index contributed by atoms with van der Waals surface area (Å²) in [5.41, 5.74) is 1.11. The Balaban J connectivity index is 1.85. The van der Waals surface area contributed by atoms with E-state index in [1.165, 1.54) is 10.8 Å². The van der Waals surface area contributed by atoms with Crippen molar-refractivity contribution in [1.82, 2.24) is 0 Å². The lowest BCUT2D eigenvalue weighted by molar-refractivity contribution is 0.172. The van der Waals surface area contributed by atoms with Crippen LogP contribution in [0.2, 0.25) is 0 Å². The van der Waals surface area contributed by atoms with E-state index in [4.69, 9.17) is 0 Å². The summed E-state index contributed by atoms with van der Waals surface area (Å²) in [5.74, 6) is 0. The van der Waals surface area contributed by atoms with Crippen molar-refractivity contribution in [3.05, 3.63) is 42.5 Å². The number of hydrogen-bond donors (Lipinski definition) is 2. The van der Waals surface area contributed by atoms with E-state index >= 15 is 0 Å². The Morgan fingerprint density at radius 1 is 1.00 bits per heavy atom. The van der Waals surface area contributed by atoms with Gasteiger partial charge in [0.25, 0.3) is 0 Å². The molecule has 2 nitrogen and oxygen atoms in total. The van der Waals surface area contributed by atoms with Crippen LogP contribution in [-0.4, -0.2) is 17.3 Å². The zero-order valence-corrected chi connectivity index (χ0v) is 9.76. The number of benzene rings is 2. The average molecular weight is 227 g/mol. The first-order chi connectivity index (χ1) is 8.33. The third-order valence-corrected chi connectivity index (χ3v) is 3.58. The van der Waals surface area contributed by atoms with Crippen LogP contribution in [0.5, 0.6) is 0 Å². The predicted octanol–water partition coefficient (Wildman–Crippen LogP) is 3.17. The Morgan fingerprint density at radius 2 is 1.82 bits per heavy atom. The first-order valence-electron chi connectivity index (χ1n) is 6.26. The topological polar surface area (TPSA) is 32.3 Å². The van der Waals surface area contributed by atoms with E-state index in [9.17, 15) is 5.11 Å². The minimum absolute atomic E-state index is 0.193. The molecule has 2 aromatic carbocycles. The van der Waals surface area contributed by atoms with Crippen LogP contribution >= 0.6 is 0 Å². The zero-order chi connectivity index (χ0) is 11.7. The Hall–Kier alpha value is -1.54. The molecule has 0 bridgehead atoms. The largest absolute Gasteiger partial charge is 0.391 e. The van der Waals surface area contributed by atoms with Crippen molar-refractivity contribution in [2.24, 2.45) is 0 Å². The molecule has 0 spiro atoms. The van der Waals surface area contributed by atoms with Crippen LogP contribution in [0.4, 0.5) is 5.69 Å². The van der Waals surface area contributed by atoms with Gasteiger partial charge in [-0.15, -0.1) is 0 Å². The second-order valence-corrected chi connectivity index (χ2v) is 4.81. The van der Waals surface area contributed by atoms with Gasteiger partial charge in [-0.2, -0.15) is 0 Å². The molecule has 88 valence electrons. The molecular weight excluding hydrogens is 210 g/mol. The van der Waals surface area contributed by atoms with Gasteiger partial charge < -0.3 is 10.4 Å². The van der Waals surface area contributed by atoms with Crippen LogP contribution in [0, 0.1) is 0 Å². The van der Waals surface area contributed by atoms with E-state index in [-0.39, 0.29) is 12.1 Å². The molecule has 0 aromatic heterocycles. The molecule has 2 N–H and O–H groups in total. The Kier molecular flexibility index (Phi) is 2.73. The molecule has 2 atom stereocenters. The highest BCUT2D eigenvalue weighted by Gasteiger charge is 2.24. The van der Waals surface area contributed by atoms with Crippen molar-refractivity contribution >= 4 is 16.5 Å². The van der Waals surface area contributed by atoms with Crippen LogP contribution in [0.1, 0.15) is 19.3 Å². The molecule has 1 fully saturated rings. The Bertz CT molecular complexity index is 523. The number of rotatable bonds is 2. The molecule has 0 aliphatic heterocycles. The molecule has 0 amide bonds. The molecule has 0 heterocycles. The first kappa shape index (κ1) is 10.6. The van der Waals surface area contributed by atoms with Gasteiger partial charge in [-0.05, 0) is 42.2 Å². The number of anilines is 1. The lowest BCUT2D eigenvalue weighted by Gasteiger charge is -2.18. The lowest BCUT2D eigenvalue weighted by atomic mass is 10.1. The van der Waals surface area contributed by atoms with E-state index in [1.54, 1.807) is 0 Å². The summed E-state index contributed by atoms with van der Waals surface area (Å²) >= 11 is 0. The number of fused-ring (bicyclic) bond motifs is 1. The molecule has 0 unspecified atom stereocenters. The quantitative estimate of drug-likeness (QED) is 0.826. The molecule has 1 saturated carbocycles. The van der Waals surface area contributed by atoms with Gasteiger partial charge in [0.1, 0.15) is 0 Å². The fourth-order valence-electron chi connectivity index (χ4n) is 2.60. The molecule has 1 aliphatic rings. The second-order valence-electron chi connectivity index (χ2n) is 4.81. The maximum absolute atomic E-state index is 9.80. The van der Waals surface area contributed by atoms with E-state index in [1.807, 2.05) is 0 Å². The van der Waals surface area contributed by atoms with Crippen LogP contribution in [0.25, 0.3) is 10.8 Å². The van der Waals surface area contributed by atoms with Gasteiger partial charge in [0.15, 0.2) is 0 Å². The number of nitrogens with one attached hydrogen (secondary N) is 1. The molecule has 17 heavy (non-hydrogen) atoms. The third-order valence-electron chi connectivity index (χ3n) is 3.58. The normalized spacial score (nSPS) is 24.1. The van der Waals surface area contributed by atoms with Crippen molar-refractivity contribution in [2.45, 2.75) is 31.4 Å². The summed E-state index contributed by atoms with van der Waals surface area (Å²) in [7, 11) is 0. The minimum Gasteiger partial charge on any atom is -0.391 e. The number of aliphatic hydroxyl groups excluding tert-OH is 1. The molecule has 2 aromatic rings. The van der Waals surface area contributed by atoms with Gasteiger partial charge in [-0.1, -0.05) is 30.3 Å². The highest BCUT2D eigenvalue weighted by Crippen LogP contribution is 2.25. The Morgan fingerprint density at radius 3 is 2.59 bits per heavy atom. The highest BCUT2D eigenvalue weighted by atomic mass is 16.3. The third kappa shape index (κ3) is 2.13. The van der Waals surface area contributed by atoms with Gasteiger partial charge in [-0.3, -0.25) is 0 Å². The van der Waals surface area contributed by atoms with Crippen molar-refractivity contribution in [1.29, 1.82) is 0 Å². The summed E-state index contributed by atoms with van der Waals surface area (Å²) in [6.07, 6.45) is 2.91. The van der Waals surface area contributed by atoms with E-state index in [0.29, 0.717) is 0 Å². The molecule has 3 rings (SSSR count). The van der Waals surface area contributed by atoms with Crippen LogP contribution in [-0.2, 0) is 0 Å². The zero-order valence-electron chi connectivity index (χ0n) is 9.76. The van der Waals surface area contributed by atoms with Gasteiger partial charge in [0.2, 0.25) is 0 Å². The Labute approximate surface area is 101 Å². The van der Waals surface area contributed by atoms with Gasteiger partial charge in [0.05, 0.1) is 12.1 Å². The lowest BCUT2D eigenvalue weighted by Crippen LogP contribution is -2.27. The van der Waals surface area contributed by atoms with E-state index < -0.39 is 0 Å². The highest BCUT2D eigenvalue weighted by molar-refractivity contribution is 5.85. The molecule has 0 saturated heterocycles. The molecular formula is C15H17NO. The summed E-state index contributed by atoms with van der Waals surface area (Å²) in [5, 5.41) is 15.7. The van der Waals surface area contributed by atoms with Crippen molar-refractivity contribution in [3.63, 3.8) is 0 Å². The maximum Gasteiger partial charge on any atom is 0.0741 e. The van der Waals surface area contributed by atoms with Crippen LogP contribution in [0.3, 0.4) is 0 Å². The smallest absolute Gasteiger partial charge is 0.0741 e. The molecule has 0 radical (unpaired) electrons. The average Bonchev–Trinajstić information content (AvgIpc) is 2.75. The predicted molar refractivity (Wildman–Crippen MR) is 71.2 cm³/mol. The fraction of sp³-hybridized carbons (Fsp3) is 0.333. The summed E-state index contributed by atoms with van der Waals surface area (Å²) in [6, 6.07) is 14.9. The maximum atomic E-state index is 9.80. The van der Waals surface area contributed by atoms with Crippen molar-refractivity contribution < 1.29 is 5.11 Å². The van der Waals surface area contributed by atoms with Gasteiger partial charge >= 0.3 is 0 Å². The van der Waals surface area contributed by atoms with E-state index in [2.05, 4.69) is 47.8 Å². The summed E-state index contributed by atoms with van der Waals surface area (Å²) < 4.78 is 0. The second kappa shape index (κ2) is 4.38. The number of hydrogen-bond acceptors (Lipinski definition) is 2. The number of aliphatic hydroxyl groups is 1. The summed E-state index contributed by atoms with van der Waals surface area (Å²) in [6.45, 7) is 0. The molecule has 1 aliphatic carbocycles. The minimum atomic E-state index is -0.193.